The van der Waals surface area contributed by atoms with Crippen molar-refractivity contribution in [3.63, 3.8) is 0 Å². The fraction of sp³-hybridized carbons (Fsp3) is 0.286. The van der Waals surface area contributed by atoms with E-state index in [4.69, 9.17) is 16.9 Å². The first kappa shape index (κ1) is 7.17. The molecule has 10 heavy (non-hydrogen) atoms. The molecule has 0 aliphatic heterocycles. The van der Waals surface area contributed by atoms with Crippen molar-refractivity contribution in [3.05, 3.63) is 23.5 Å². The number of hydrogen-bond acceptors (Lipinski definition) is 1. The van der Waals surface area contributed by atoms with E-state index in [9.17, 15) is 0 Å². The molecular formula is C7H7ClN2. The predicted molar refractivity (Wildman–Crippen MR) is 39.7 cm³/mol. The zero-order chi connectivity index (χ0) is 7.56. The molecule has 1 aromatic heterocycles. The Morgan fingerprint density at radius 1 is 1.70 bits per heavy atom. The van der Waals surface area contributed by atoms with Crippen LogP contribution in [0.15, 0.2) is 12.1 Å². The summed E-state index contributed by atoms with van der Waals surface area (Å²) in [5, 5.41) is 7.85. The van der Waals surface area contributed by atoms with Crippen LogP contribution in [-0.2, 0) is 0 Å². The summed E-state index contributed by atoms with van der Waals surface area (Å²) in [6, 6.07) is 5.64. The average molecular weight is 155 g/mol. The van der Waals surface area contributed by atoms with Crippen LogP contribution in [0.1, 0.15) is 16.8 Å². The standard InChI is InChI=1S/C7H7ClN2/c1-5-2-3-7(10-5)6(8)4-9/h2-3,6,10H,1H3. The van der Waals surface area contributed by atoms with Crippen molar-refractivity contribution in [1.82, 2.24) is 4.98 Å². The molecule has 0 aliphatic rings. The number of hydrogen-bond donors (Lipinski definition) is 1. The van der Waals surface area contributed by atoms with Crippen molar-refractivity contribution in [2.45, 2.75) is 12.3 Å². The van der Waals surface area contributed by atoms with Gasteiger partial charge >= 0.3 is 0 Å². The second-order valence-corrected chi connectivity index (χ2v) is 2.52. The molecule has 1 aromatic rings. The number of aryl methyl sites for hydroxylation is 1. The Labute approximate surface area is 64.4 Å². The van der Waals surface area contributed by atoms with E-state index in [1.165, 1.54) is 0 Å². The quantitative estimate of drug-likeness (QED) is 0.619. The van der Waals surface area contributed by atoms with Gasteiger partial charge in [-0.25, -0.2) is 0 Å². The van der Waals surface area contributed by atoms with Crippen LogP contribution in [0, 0.1) is 18.3 Å². The number of aromatic amines is 1. The summed E-state index contributed by atoms with van der Waals surface area (Å²) in [6.07, 6.45) is 0. The molecule has 0 radical (unpaired) electrons. The zero-order valence-electron chi connectivity index (χ0n) is 5.56. The number of halogens is 1. The van der Waals surface area contributed by atoms with Gasteiger partial charge < -0.3 is 4.98 Å². The lowest BCUT2D eigenvalue weighted by Crippen LogP contribution is -1.85. The van der Waals surface area contributed by atoms with Gasteiger partial charge in [0.05, 0.1) is 6.07 Å². The lowest BCUT2D eigenvalue weighted by atomic mass is 10.3. The number of rotatable bonds is 1. The van der Waals surface area contributed by atoms with Crippen molar-refractivity contribution in [3.8, 4) is 6.07 Å². The van der Waals surface area contributed by atoms with E-state index in [-0.39, 0.29) is 0 Å². The van der Waals surface area contributed by atoms with Gasteiger partial charge in [-0.1, -0.05) is 11.6 Å². The van der Waals surface area contributed by atoms with Crippen LogP contribution in [0.5, 0.6) is 0 Å². The number of aromatic nitrogens is 1. The summed E-state index contributed by atoms with van der Waals surface area (Å²) < 4.78 is 0. The molecule has 1 heterocycles. The molecule has 0 aliphatic carbocycles. The molecule has 0 bridgehead atoms. The van der Waals surface area contributed by atoms with Gasteiger partial charge in [0.1, 0.15) is 0 Å². The normalized spacial score (nSPS) is 12.5. The molecule has 1 atom stereocenters. The van der Waals surface area contributed by atoms with Gasteiger partial charge in [-0.3, -0.25) is 0 Å². The third kappa shape index (κ3) is 1.31. The lowest BCUT2D eigenvalue weighted by molar-refractivity contribution is 1.09. The zero-order valence-corrected chi connectivity index (χ0v) is 6.31. The molecule has 3 heteroatoms. The van der Waals surface area contributed by atoms with E-state index in [0.717, 1.165) is 11.4 Å². The summed E-state index contributed by atoms with van der Waals surface area (Å²) in [5.74, 6) is 0. The van der Waals surface area contributed by atoms with Crippen LogP contribution in [0.4, 0.5) is 0 Å². The summed E-state index contributed by atoms with van der Waals surface area (Å²) in [6.45, 7) is 1.92. The van der Waals surface area contributed by atoms with Gasteiger partial charge in [0.25, 0.3) is 0 Å². The Morgan fingerprint density at radius 2 is 2.40 bits per heavy atom. The highest BCUT2D eigenvalue weighted by Crippen LogP contribution is 2.17. The van der Waals surface area contributed by atoms with Crippen LogP contribution in [0.2, 0.25) is 0 Å². The van der Waals surface area contributed by atoms with Gasteiger partial charge in [-0.2, -0.15) is 5.26 Å². The lowest BCUT2D eigenvalue weighted by Gasteiger charge is -1.92. The Morgan fingerprint density at radius 3 is 2.80 bits per heavy atom. The fourth-order valence-corrected chi connectivity index (χ4v) is 0.870. The third-order valence-electron chi connectivity index (χ3n) is 1.24. The second kappa shape index (κ2) is 2.76. The van der Waals surface area contributed by atoms with E-state index in [1.54, 1.807) is 0 Å². The van der Waals surface area contributed by atoms with Crippen LogP contribution in [0.3, 0.4) is 0 Å². The van der Waals surface area contributed by atoms with Crippen LogP contribution in [-0.4, -0.2) is 4.98 Å². The first-order valence-corrected chi connectivity index (χ1v) is 3.37. The van der Waals surface area contributed by atoms with E-state index in [2.05, 4.69) is 4.98 Å². The van der Waals surface area contributed by atoms with Crippen molar-refractivity contribution in [2.75, 3.05) is 0 Å². The summed E-state index contributed by atoms with van der Waals surface area (Å²) in [4.78, 5) is 2.97. The number of nitriles is 1. The van der Waals surface area contributed by atoms with Crippen LogP contribution in [0.25, 0.3) is 0 Å². The van der Waals surface area contributed by atoms with Gasteiger partial charge in [-0.15, -0.1) is 0 Å². The minimum atomic E-state index is -0.548. The highest BCUT2D eigenvalue weighted by molar-refractivity contribution is 6.22. The molecule has 0 amide bonds. The van der Waals surface area contributed by atoms with Gasteiger partial charge in [0, 0.05) is 11.4 Å². The van der Waals surface area contributed by atoms with E-state index in [1.807, 2.05) is 25.1 Å². The summed E-state index contributed by atoms with van der Waals surface area (Å²) in [5.41, 5.74) is 1.79. The molecular weight excluding hydrogens is 148 g/mol. The minimum Gasteiger partial charge on any atom is -0.360 e. The smallest absolute Gasteiger partial charge is 0.160 e. The molecule has 0 fully saturated rings. The number of nitrogens with zero attached hydrogens (tertiary/aromatic N) is 1. The summed E-state index contributed by atoms with van der Waals surface area (Å²) in [7, 11) is 0. The van der Waals surface area contributed by atoms with Crippen molar-refractivity contribution in [1.29, 1.82) is 5.26 Å². The molecule has 1 unspecified atom stereocenters. The Bertz CT molecular complexity index is 259. The molecule has 52 valence electrons. The molecule has 0 spiro atoms. The van der Waals surface area contributed by atoms with Gasteiger partial charge in [0.15, 0.2) is 5.38 Å². The molecule has 2 nitrogen and oxygen atoms in total. The second-order valence-electron chi connectivity index (χ2n) is 2.09. The Balaban J connectivity index is 2.87. The maximum absolute atomic E-state index is 8.40. The monoisotopic (exact) mass is 154 g/mol. The van der Waals surface area contributed by atoms with Gasteiger partial charge in [0.2, 0.25) is 0 Å². The predicted octanol–water partition coefficient (Wildman–Crippen LogP) is 2.13. The fourth-order valence-electron chi connectivity index (χ4n) is 0.743. The number of nitrogens with one attached hydrogen (secondary N) is 1. The van der Waals surface area contributed by atoms with Crippen LogP contribution < -0.4 is 0 Å². The van der Waals surface area contributed by atoms with E-state index < -0.39 is 5.38 Å². The van der Waals surface area contributed by atoms with E-state index >= 15 is 0 Å². The topological polar surface area (TPSA) is 39.6 Å². The molecule has 1 N–H and O–H groups in total. The highest BCUT2D eigenvalue weighted by Gasteiger charge is 2.05. The number of alkyl halides is 1. The van der Waals surface area contributed by atoms with Crippen LogP contribution >= 0.6 is 11.6 Å². The Hall–Kier alpha value is -0.940. The molecule has 1 rings (SSSR count). The van der Waals surface area contributed by atoms with E-state index in [0.29, 0.717) is 0 Å². The Kier molecular flexibility index (Phi) is 1.98. The van der Waals surface area contributed by atoms with Crippen molar-refractivity contribution in [2.24, 2.45) is 0 Å². The average Bonchev–Trinajstić information content (AvgIpc) is 2.34. The minimum absolute atomic E-state index is 0.548. The maximum Gasteiger partial charge on any atom is 0.160 e. The third-order valence-corrected chi connectivity index (χ3v) is 1.57. The highest BCUT2D eigenvalue weighted by atomic mass is 35.5. The number of H-pyrrole nitrogens is 1. The largest absolute Gasteiger partial charge is 0.360 e. The van der Waals surface area contributed by atoms with Gasteiger partial charge in [-0.05, 0) is 19.1 Å². The first-order valence-electron chi connectivity index (χ1n) is 2.93. The first-order chi connectivity index (χ1) is 4.74. The summed E-state index contributed by atoms with van der Waals surface area (Å²) >= 11 is 5.61. The maximum atomic E-state index is 8.40. The van der Waals surface area contributed by atoms with Crippen molar-refractivity contribution >= 4 is 11.6 Å². The van der Waals surface area contributed by atoms with Crippen molar-refractivity contribution < 1.29 is 0 Å². The molecule has 0 saturated heterocycles. The molecule has 0 saturated carbocycles. The molecule has 0 aromatic carbocycles. The SMILES string of the molecule is Cc1ccc(C(Cl)C#N)[nH]1.